The summed E-state index contributed by atoms with van der Waals surface area (Å²) in [7, 11) is 0. The SMILES string of the molecule is CCC1C(=O)NC(C)CC1(C)C(C)(CC(C)(C)C(C)C)C(=O)NCCCNC(=O)CON. The molecule has 0 aromatic carbocycles. The molecule has 8 nitrogen and oxygen atoms in total. The van der Waals surface area contributed by atoms with Gasteiger partial charge in [-0.3, -0.25) is 19.2 Å². The van der Waals surface area contributed by atoms with Crippen molar-refractivity contribution in [1.82, 2.24) is 16.0 Å². The number of hydrogen-bond acceptors (Lipinski definition) is 5. The maximum Gasteiger partial charge on any atom is 0.248 e. The van der Waals surface area contributed by atoms with Crippen molar-refractivity contribution < 1.29 is 19.2 Å². The number of hydrogen-bond donors (Lipinski definition) is 4. The van der Waals surface area contributed by atoms with Crippen molar-refractivity contribution in [2.75, 3.05) is 19.7 Å². The Kier molecular flexibility index (Phi) is 10.2. The number of carbonyl (C=O) groups excluding carboxylic acids is 3. The third-order valence-corrected chi connectivity index (χ3v) is 7.92. The summed E-state index contributed by atoms with van der Waals surface area (Å²) in [6, 6.07) is 0.0181. The zero-order chi connectivity index (χ0) is 24.7. The second kappa shape index (κ2) is 11.5. The van der Waals surface area contributed by atoms with Crippen LogP contribution in [-0.2, 0) is 19.2 Å². The molecule has 0 aromatic heterocycles. The van der Waals surface area contributed by atoms with Gasteiger partial charge in [0.05, 0.1) is 5.41 Å². The first-order valence-electron chi connectivity index (χ1n) is 11.9. The molecule has 5 N–H and O–H groups in total. The van der Waals surface area contributed by atoms with Crippen LogP contribution in [0.5, 0.6) is 0 Å². The minimum absolute atomic E-state index is 0.0181. The zero-order valence-electron chi connectivity index (χ0n) is 21.4. The largest absolute Gasteiger partial charge is 0.356 e. The maximum absolute atomic E-state index is 13.8. The third-order valence-electron chi connectivity index (χ3n) is 7.92. The zero-order valence-corrected chi connectivity index (χ0v) is 21.4. The van der Waals surface area contributed by atoms with Crippen molar-refractivity contribution in [3.63, 3.8) is 0 Å². The van der Waals surface area contributed by atoms with Crippen molar-refractivity contribution in [3.8, 4) is 0 Å². The summed E-state index contributed by atoms with van der Waals surface area (Å²) in [6.07, 6.45) is 2.72. The molecule has 0 aromatic rings. The Morgan fingerprint density at radius 1 is 1.25 bits per heavy atom. The van der Waals surface area contributed by atoms with Gasteiger partial charge in [0.2, 0.25) is 17.7 Å². The van der Waals surface area contributed by atoms with E-state index in [2.05, 4.69) is 55.4 Å². The van der Waals surface area contributed by atoms with Crippen molar-refractivity contribution in [2.24, 2.45) is 34.0 Å². The standard InChI is InChI=1S/C24H46N4O4/c1-9-18-20(30)28-17(4)13-23(18,7)24(8,15-22(5,6)16(2)3)21(31)27-12-10-11-26-19(29)14-32-25/h16-18H,9-15,25H2,1-8H3,(H,26,29)(H,27,31)(H,28,30). The van der Waals surface area contributed by atoms with Crippen LogP contribution in [0, 0.1) is 28.1 Å². The highest BCUT2D eigenvalue weighted by Gasteiger charge is 2.59. The van der Waals surface area contributed by atoms with Gasteiger partial charge in [0.25, 0.3) is 0 Å². The van der Waals surface area contributed by atoms with Crippen molar-refractivity contribution in [3.05, 3.63) is 0 Å². The molecule has 0 saturated carbocycles. The average molecular weight is 455 g/mol. The van der Waals surface area contributed by atoms with Crippen LogP contribution in [0.2, 0.25) is 0 Å². The quantitative estimate of drug-likeness (QED) is 0.267. The summed E-state index contributed by atoms with van der Waals surface area (Å²) < 4.78 is 0. The van der Waals surface area contributed by atoms with E-state index in [1.54, 1.807) is 0 Å². The number of rotatable bonds is 12. The summed E-state index contributed by atoms with van der Waals surface area (Å²) >= 11 is 0. The first kappa shape index (κ1) is 28.4. The highest BCUT2D eigenvalue weighted by molar-refractivity contribution is 5.87. The number of carbonyl (C=O) groups is 3. The minimum Gasteiger partial charge on any atom is -0.356 e. The normalized spacial score (nSPS) is 25.8. The van der Waals surface area contributed by atoms with Crippen molar-refractivity contribution in [1.29, 1.82) is 0 Å². The van der Waals surface area contributed by atoms with Gasteiger partial charge in [-0.2, -0.15) is 0 Å². The molecule has 32 heavy (non-hydrogen) atoms. The summed E-state index contributed by atoms with van der Waals surface area (Å²) in [5, 5.41) is 8.89. The lowest BCUT2D eigenvalue weighted by Crippen LogP contribution is -2.62. The Morgan fingerprint density at radius 3 is 2.38 bits per heavy atom. The summed E-state index contributed by atoms with van der Waals surface area (Å²) in [5.74, 6) is 4.78. The summed E-state index contributed by atoms with van der Waals surface area (Å²) in [5.41, 5.74) is -1.29. The lowest BCUT2D eigenvalue weighted by atomic mass is 9.50. The van der Waals surface area contributed by atoms with Gasteiger partial charge in [0.15, 0.2) is 0 Å². The van der Waals surface area contributed by atoms with E-state index in [0.29, 0.717) is 38.3 Å². The highest BCUT2D eigenvalue weighted by Crippen LogP contribution is 2.57. The van der Waals surface area contributed by atoms with E-state index in [4.69, 9.17) is 5.90 Å². The Hall–Kier alpha value is -1.67. The molecule has 0 radical (unpaired) electrons. The Balaban J connectivity index is 3.12. The fraction of sp³-hybridized carbons (Fsp3) is 0.875. The Labute approximate surface area is 194 Å². The van der Waals surface area contributed by atoms with E-state index in [1.165, 1.54) is 0 Å². The molecule has 1 heterocycles. The molecule has 0 bridgehead atoms. The molecule has 1 saturated heterocycles. The fourth-order valence-electron chi connectivity index (χ4n) is 5.20. The lowest BCUT2D eigenvalue weighted by molar-refractivity contribution is -0.157. The average Bonchev–Trinajstić information content (AvgIpc) is 2.66. The second-order valence-electron chi connectivity index (χ2n) is 10.9. The van der Waals surface area contributed by atoms with Crippen LogP contribution in [0.1, 0.15) is 81.1 Å². The van der Waals surface area contributed by atoms with Gasteiger partial charge in [-0.25, -0.2) is 5.90 Å². The van der Waals surface area contributed by atoms with E-state index in [1.807, 2.05) is 20.8 Å². The molecule has 1 rings (SSSR count). The smallest absolute Gasteiger partial charge is 0.248 e. The fourth-order valence-corrected chi connectivity index (χ4v) is 5.20. The molecule has 186 valence electrons. The first-order valence-corrected chi connectivity index (χ1v) is 11.9. The van der Waals surface area contributed by atoms with E-state index < -0.39 is 10.8 Å². The number of amides is 3. The molecular weight excluding hydrogens is 408 g/mol. The van der Waals surface area contributed by atoms with Crippen LogP contribution in [-0.4, -0.2) is 43.5 Å². The van der Waals surface area contributed by atoms with Crippen LogP contribution >= 0.6 is 0 Å². The van der Waals surface area contributed by atoms with Gasteiger partial charge >= 0.3 is 0 Å². The number of nitrogens with one attached hydrogen (secondary N) is 3. The molecule has 4 unspecified atom stereocenters. The van der Waals surface area contributed by atoms with Gasteiger partial charge in [-0.15, -0.1) is 0 Å². The summed E-state index contributed by atoms with van der Waals surface area (Å²) in [6.45, 7) is 17.7. The Morgan fingerprint density at radius 2 is 1.84 bits per heavy atom. The number of nitrogens with two attached hydrogens (primary N) is 1. The Bertz CT molecular complexity index is 666. The van der Waals surface area contributed by atoms with Crippen molar-refractivity contribution in [2.45, 2.75) is 87.1 Å². The van der Waals surface area contributed by atoms with Crippen LogP contribution in [0.3, 0.4) is 0 Å². The molecular formula is C24H46N4O4. The van der Waals surface area contributed by atoms with Gasteiger partial charge in [-0.1, -0.05) is 48.5 Å². The molecule has 1 aliphatic rings. The molecule has 0 aliphatic carbocycles. The third kappa shape index (κ3) is 6.44. The molecule has 0 spiro atoms. The van der Waals surface area contributed by atoms with Gasteiger partial charge in [-0.05, 0) is 49.4 Å². The van der Waals surface area contributed by atoms with Crippen LogP contribution in [0.25, 0.3) is 0 Å². The topological polar surface area (TPSA) is 123 Å². The minimum atomic E-state index is -0.732. The summed E-state index contributed by atoms with van der Waals surface area (Å²) in [4.78, 5) is 42.5. The van der Waals surface area contributed by atoms with E-state index in [9.17, 15) is 14.4 Å². The van der Waals surface area contributed by atoms with Crippen molar-refractivity contribution >= 4 is 17.7 Å². The molecule has 1 fully saturated rings. The molecule has 8 heteroatoms. The lowest BCUT2D eigenvalue weighted by Gasteiger charge is -2.55. The van der Waals surface area contributed by atoms with Gasteiger partial charge < -0.3 is 16.0 Å². The highest BCUT2D eigenvalue weighted by atomic mass is 16.6. The van der Waals surface area contributed by atoms with E-state index in [-0.39, 0.29) is 41.7 Å². The second-order valence-corrected chi connectivity index (χ2v) is 10.9. The predicted octanol–water partition coefficient (Wildman–Crippen LogP) is 2.52. The number of piperidine rings is 1. The van der Waals surface area contributed by atoms with Crippen LogP contribution in [0.4, 0.5) is 0 Å². The molecule has 4 atom stereocenters. The maximum atomic E-state index is 13.8. The van der Waals surface area contributed by atoms with Gasteiger partial charge in [0, 0.05) is 25.0 Å². The first-order chi connectivity index (χ1) is 14.7. The van der Waals surface area contributed by atoms with Crippen LogP contribution in [0.15, 0.2) is 0 Å². The van der Waals surface area contributed by atoms with E-state index >= 15 is 0 Å². The van der Waals surface area contributed by atoms with E-state index in [0.717, 1.165) is 6.42 Å². The molecule has 1 aliphatic heterocycles. The van der Waals surface area contributed by atoms with Gasteiger partial charge in [0.1, 0.15) is 6.61 Å². The van der Waals surface area contributed by atoms with Crippen LogP contribution < -0.4 is 21.8 Å². The predicted molar refractivity (Wildman–Crippen MR) is 126 cm³/mol. The monoisotopic (exact) mass is 454 g/mol. The molecule has 3 amide bonds.